The summed E-state index contributed by atoms with van der Waals surface area (Å²) in [5.41, 5.74) is 0.852. The first-order valence-electron chi connectivity index (χ1n) is 7.04. The third-order valence-electron chi connectivity index (χ3n) is 3.27. The number of nitro groups is 1. The minimum Gasteiger partial charge on any atom is -0.459 e. The highest BCUT2D eigenvalue weighted by molar-refractivity contribution is 7.17. The van der Waals surface area contributed by atoms with Crippen molar-refractivity contribution in [2.24, 2.45) is 0 Å². The fourth-order valence-corrected chi connectivity index (χ4v) is 3.07. The van der Waals surface area contributed by atoms with Crippen molar-refractivity contribution < 1.29 is 14.1 Å². The summed E-state index contributed by atoms with van der Waals surface area (Å²) in [4.78, 5) is 27.5. The third-order valence-corrected chi connectivity index (χ3v) is 4.44. The number of benzene rings is 1. The van der Waals surface area contributed by atoms with Gasteiger partial charge < -0.3 is 9.73 Å². The molecule has 0 aliphatic heterocycles. The van der Waals surface area contributed by atoms with Gasteiger partial charge in [-0.1, -0.05) is 6.07 Å². The van der Waals surface area contributed by atoms with Gasteiger partial charge in [0.2, 0.25) is 0 Å². The Kier molecular flexibility index (Phi) is 4.13. The number of carbonyl (C=O) groups excluding carboxylic acids is 1. The molecule has 0 radical (unpaired) electrons. The standard InChI is InChI=1S/C16H13N3O4S/c1-9-6-7-13(23-9)16-17-10(2)14(24-16)15(20)18-11-4-3-5-12(8-11)19(21)22/h3-8H,1-2H3,(H,18,20). The highest BCUT2D eigenvalue weighted by Crippen LogP contribution is 2.30. The smallest absolute Gasteiger partial charge is 0.271 e. The molecule has 2 heterocycles. The topological polar surface area (TPSA) is 98.3 Å². The van der Waals surface area contributed by atoms with Gasteiger partial charge >= 0.3 is 0 Å². The Labute approximate surface area is 141 Å². The van der Waals surface area contributed by atoms with Crippen molar-refractivity contribution in [2.75, 3.05) is 5.32 Å². The molecule has 24 heavy (non-hydrogen) atoms. The summed E-state index contributed by atoms with van der Waals surface area (Å²) in [6, 6.07) is 9.42. The maximum atomic E-state index is 12.4. The van der Waals surface area contributed by atoms with E-state index in [1.165, 1.54) is 29.5 Å². The number of hydrogen-bond donors (Lipinski definition) is 1. The van der Waals surface area contributed by atoms with Gasteiger partial charge in [-0.05, 0) is 32.0 Å². The molecule has 0 saturated carbocycles. The van der Waals surface area contributed by atoms with Crippen molar-refractivity contribution in [3.63, 3.8) is 0 Å². The lowest BCUT2D eigenvalue weighted by atomic mass is 10.2. The summed E-state index contributed by atoms with van der Waals surface area (Å²) in [5.74, 6) is 1.01. The number of aryl methyl sites for hydroxylation is 2. The molecule has 2 aromatic heterocycles. The van der Waals surface area contributed by atoms with E-state index in [0.717, 1.165) is 5.76 Å². The number of nitrogens with one attached hydrogen (secondary N) is 1. The lowest BCUT2D eigenvalue weighted by Gasteiger charge is -2.03. The molecule has 0 saturated heterocycles. The predicted octanol–water partition coefficient (Wildman–Crippen LogP) is 4.18. The number of rotatable bonds is 4. The molecule has 3 rings (SSSR count). The van der Waals surface area contributed by atoms with Crippen LogP contribution in [0.25, 0.3) is 10.8 Å². The van der Waals surface area contributed by atoms with Crippen LogP contribution in [0.2, 0.25) is 0 Å². The number of nitro benzene ring substituents is 1. The summed E-state index contributed by atoms with van der Waals surface area (Å²) >= 11 is 1.21. The number of non-ortho nitro benzene ring substituents is 1. The zero-order valence-electron chi connectivity index (χ0n) is 12.9. The van der Waals surface area contributed by atoms with Gasteiger partial charge in [-0.15, -0.1) is 11.3 Å². The quantitative estimate of drug-likeness (QED) is 0.566. The fraction of sp³-hybridized carbons (Fsp3) is 0.125. The van der Waals surface area contributed by atoms with Crippen molar-refractivity contribution in [2.45, 2.75) is 13.8 Å². The first kappa shape index (κ1) is 15.9. The minimum absolute atomic E-state index is 0.0828. The molecule has 8 heteroatoms. The number of anilines is 1. The van der Waals surface area contributed by atoms with Crippen LogP contribution in [0.4, 0.5) is 11.4 Å². The summed E-state index contributed by atoms with van der Waals surface area (Å²) in [6.45, 7) is 3.57. The van der Waals surface area contributed by atoms with Gasteiger partial charge in [-0.2, -0.15) is 0 Å². The van der Waals surface area contributed by atoms with Gasteiger partial charge in [0.15, 0.2) is 10.8 Å². The second-order valence-corrected chi connectivity index (χ2v) is 6.10. The first-order chi connectivity index (χ1) is 11.4. The summed E-state index contributed by atoms with van der Waals surface area (Å²) in [6.07, 6.45) is 0. The average molecular weight is 343 g/mol. The van der Waals surface area contributed by atoms with Gasteiger partial charge in [-0.25, -0.2) is 4.98 Å². The molecule has 1 aromatic carbocycles. The van der Waals surface area contributed by atoms with Crippen molar-refractivity contribution in [1.82, 2.24) is 4.98 Å². The van der Waals surface area contributed by atoms with Gasteiger partial charge in [0.1, 0.15) is 10.6 Å². The Bertz CT molecular complexity index is 929. The Balaban J connectivity index is 1.84. The maximum Gasteiger partial charge on any atom is 0.271 e. The second kappa shape index (κ2) is 6.25. The van der Waals surface area contributed by atoms with E-state index < -0.39 is 4.92 Å². The van der Waals surface area contributed by atoms with E-state index in [1.807, 2.05) is 13.0 Å². The van der Waals surface area contributed by atoms with Crippen LogP contribution in [0.15, 0.2) is 40.8 Å². The average Bonchev–Trinajstić information content (AvgIpc) is 3.13. The molecule has 3 aromatic rings. The second-order valence-electron chi connectivity index (χ2n) is 5.11. The maximum absolute atomic E-state index is 12.4. The van der Waals surface area contributed by atoms with Crippen molar-refractivity contribution >= 4 is 28.6 Å². The van der Waals surface area contributed by atoms with Gasteiger partial charge in [-0.3, -0.25) is 14.9 Å². The molecule has 1 amide bonds. The highest BCUT2D eigenvalue weighted by Gasteiger charge is 2.18. The van der Waals surface area contributed by atoms with Crippen LogP contribution in [0.1, 0.15) is 21.1 Å². The SMILES string of the molecule is Cc1ccc(-c2nc(C)c(C(=O)Nc3cccc([N+](=O)[O-])c3)s2)o1. The first-order valence-corrected chi connectivity index (χ1v) is 7.86. The summed E-state index contributed by atoms with van der Waals surface area (Å²) in [7, 11) is 0. The van der Waals surface area contributed by atoms with E-state index >= 15 is 0 Å². The van der Waals surface area contributed by atoms with Crippen LogP contribution in [-0.2, 0) is 0 Å². The number of thiazole rings is 1. The molecule has 1 N–H and O–H groups in total. The van der Waals surface area contributed by atoms with E-state index in [0.29, 0.717) is 27.0 Å². The van der Waals surface area contributed by atoms with Crippen molar-refractivity contribution in [1.29, 1.82) is 0 Å². The summed E-state index contributed by atoms with van der Waals surface area (Å²) < 4.78 is 5.52. The number of furan rings is 1. The normalized spacial score (nSPS) is 10.6. The number of amides is 1. The van der Waals surface area contributed by atoms with Crippen molar-refractivity contribution in [3.8, 4) is 10.8 Å². The minimum atomic E-state index is -0.509. The van der Waals surface area contributed by atoms with E-state index in [1.54, 1.807) is 19.1 Å². The van der Waals surface area contributed by atoms with Crippen LogP contribution >= 0.6 is 11.3 Å². The molecule has 0 bridgehead atoms. The Morgan fingerprint density at radius 2 is 2.08 bits per heavy atom. The van der Waals surface area contributed by atoms with E-state index in [4.69, 9.17) is 4.42 Å². The molecular weight excluding hydrogens is 330 g/mol. The fourth-order valence-electron chi connectivity index (χ4n) is 2.15. The number of nitrogens with zero attached hydrogens (tertiary/aromatic N) is 2. The van der Waals surface area contributed by atoms with Crippen LogP contribution in [0.5, 0.6) is 0 Å². The van der Waals surface area contributed by atoms with E-state index in [2.05, 4.69) is 10.3 Å². The van der Waals surface area contributed by atoms with Gasteiger partial charge in [0.05, 0.1) is 10.6 Å². The van der Waals surface area contributed by atoms with Gasteiger partial charge in [0.25, 0.3) is 11.6 Å². The van der Waals surface area contributed by atoms with E-state index in [-0.39, 0.29) is 11.6 Å². The van der Waals surface area contributed by atoms with Crippen LogP contribution in [-0.4, -0.2) is 15.8 Å². The monoisotopic (exact) mass is 343 g/mol. The van der Waals surface area contributed by atoms with Crippen molar-refractivity contribution in [3.05, 3.63) is 62.8 Å². The number of carbonyl (C=O) groups is 1. The molecule has 0 atom stereocenters. The largest absolute Gasteiger partial charge is 0.459 e. The summed E-state index contributed by atoms with van der Waals surface area (Å²) in [5, 5.41) is 14.1. The molecule has 0 spiro atoms. The molecule has 0 aliphatic carbocycles. The van der Waals surface area contributed by atoms with Crippen LogP contribution in [0.3, 0.4) is 0 Å². The highest BCUT2D eigenvalue weighted by atomic mass is 32.1. The number of hydrogen-bond acceptors (Lipinski definition) is 6. The lowest BCUT2D eigenvalue weighted by molar-refractivity contribution is -0.384. The van der Waals surface area contributed by atoms with E-state index in [9.17, 15) is 14.9 Å². The molecule has 0 aliphatic rings. The van der Waals surface area contributed by atoms with Crippen LogP contribution < -0.4 is 5.32 Å². The molecule has 122 valence electrons. The Morgan fingerprint density at radius 1 is 1.29 bits per heavy atom. The van der Waals surface area contributed by atoms with Gasteiger partial charge in [0, 0.05) is 17.8 Å². The Hall–Kier alpha value is -3.00. The number of aromatic nitrogens is 1. The zero-order valence-corrected chi connectivity index (χ0v) is 13.7. The zero-order chi connectivity index (χ0) is 17.3. The van der Waals surface area contributed by atoms with Crippen LogP contribution in [0, 0.1) is 24.0 Å². The predicted molar refractivity (Wildman–Crippen MR) is 90.3 cm³/mol. The molecule has 7 nitrogen and oxygen atoms in total. The molecule has 0 fully saturated rings. The molecule has 0 unspecified atom stereocenters. The Morgan fingerprint density at radius 3 is 2.75 bits per heavy atom. The molecular formula is C16H13N3O4S. The third kappa shape index (κ3) is 3.18. The lowest BCUT2D eigenvalue weighted by Crippen LogP contribution is -2.11.